The standard InChI is InChI=1S/C18H23N3O3S/c1-13(2)8-10-21(12-16(22)20-18-19-9-11-25-18)17(23)14-6-4-5-7-15(14)24-3/h4-7,9,11,13H,8,10,12H2,1-3H3,(H,19,20,22). The van der Waals surface area contributed by atoms with E-state index in [-0.39, 0.29) is 18.4 Å². The Morgan fingerprint density at radius 2 is 2.08 bits per heavy atom. The molecule has 1 heterocycles. The van der Waals surface area contributed by atoms with Crippen molar-refractivity contribution in [1.82, 2.24) is 9.88 Å². The van der Waals surface area contributed by atoms with Gasteiger partial charge in [-0.25, -0.2) is 4.98 Å². The normalized spacial score (nSPS) is 10.6. The first-order chi connectivity index (χ1) is 12.0. The molecule has 1 N–H and O–H groups in total. The predicted molar refractivity (Wildman–Crippen MR) is 99.1 cm³/mol. The van der Waals surface area contributed by atoms with Crippen LogP contribution in [0.15, 0.2) is 35.8 Å². The van der Waals surface area contributed by atoms with Gasteiger partial charge >= 0.3 is 0 Å². The Labute approximate surface area is 151 Å². The van der Waals surface area contributed by atoms with E-state index in [2.05, 4.69) is 24.1 Å². The fourth-order valence-corrected chi connectivity index (χ4v) is 2.82. The zero-order valence-electron chi connectivity index (χ0n) is 14.7. The zero-order valence-corrected chi connectivity index (χ0v) is 15.5. The molecule has 0 saturated carbocycles. The van der Waals surface area contributed by atoms with E-state index in [1.165, 1.54) is 18.4 Å². The number of anilines is 1. The van der Waals surface area contributed by atoms with Crippen molar-refractivity contribution in [3.05, 3.63) is 41.4 Å². The van der Waals surface area contributed by atoms with Gasteiger partial charge in [-0.3, -0.25) is 9.59 Å². The van der Waals surface area contributed by atoms with Crippen LogP contribution in [0.5, 0.6) is 5.75 Å². The highest BCUT2D eigenvalue weighted by Crippen LogP contribution is 2.20. The third-order valence-electron chi connectivity index (χ3n) is 3.61. The van der Waals surface area contributed by atoms with Crippen molar-refractivity contribution in [3.8, 4) is 5.75 Å². The van der Waals surface area contributed by atoms with Gasteiger partial charge in [-0.2, -0.15) is 0 Å². The van der Waals surface area contributed by atoms with Gasteiger partial charge in [0.15, 0.2) is 5.13 Å². The van der Waals surface area contributed by atoms with Gasteiger partial charge in [0.05, 0.1) is 12.7 Å². The van der Waals surface area contributed by atoms with E-state index in [0.717, 1.165) is 6.42 Å². The lowest BCUT2D eigenvalue weighted by molar-refractivity contribution is -0.116. The molecule has 7 heteroatoms. The summed E-state index contributed by atoms with van der Waals surface area (Å²) >= 11 is 1.34. The molecule has 0 aliphatic heterocycles. The van der Waals surface area contributed by atoms with Gasteiger partial charge in [-0.05, 0) is 24.5 Å². The van der Waals surface area contributed by atoms with E-state index in [9.17, 15) is 9.59 Å². The molecule has 2 aromatic rings. The molecule has 2 rings (SSSR count). The Kier molecular flexibility index (Phi) is 6.94. The lowest BCUT2D eigenvalue weighted by atomic mass is 10.1. The molecule has 0 spiro atoms. The highest BCUT2D eigenvalue weighted by molar-refractivity contribution is 7.13. The molecule has 0 unspecified atom stereocenters. The first kappa shape index (κ1) is 18.9. The monoisotopic (exact) mass is 361 g/mol. The predicted octanol–water partition coefficient (Wildman–Crippen LogP) is 3.28. The van der Waals surface area contributed by atoms with Crippen LogP contribution in [0.4, 0.5) is 5.13 Å². The van der Waals surface area contributed by atoms with Crippen LogP contribution >= 0.6 is 11.3 Å². The number of aromatic nitrogens is 1. The summed E-state index contributed by atoms with van der Waals surface area (Å²) in [5, 5.41) is 5.03. The lowest BCUT2D eigenvalue weighted by Gasteiger charge is -2.23. The third kappa shape index (κ3) is 5.56. The molecule has 0 saturated heterocycles. The van der Waals surface area contributed by atoms with Crippen molar-refractivity contribution in [2.45, 2.75) is 20.3 Å². The van der Waals surface area contributed by atoms with Crippen molar-refractivity contribution in [3.63, 3.8) is 0 Å². The number of hydrogen-bond donors (Lipinski definition) is 1. The number of nitrogens with one attached hydrogen (secondary N) is 1. The topological polar surface area (TPSA) is 71.5 Å². The average Bonchev–Trinajstić information content (AvgIpc) is 3.10. The number of carbonyl (C=O) groups excluding carboxylic acids is 2. The van der Waals surface area contributed by atoms with Gasteiger partial charge in [-0.15, -0.1) is 11.3 Å². The van der Waals surface area contributed by atoms with E-state index >= 15 is 0 Å². The van der Waals surface area contributed by atoms with Gasteiger partial charge in [0.1, 0.15) is 12.3 Å². The number of benzene rings is 1. The molecule has 1 aromatic heterocycles. The molecule has 2 amide bonds. The number of rotatable bonds is 8. The molecule has 0 bridgehead atoms. The van der Waals surface area contributed by atoms with Crippen molar-refractivity contribution >= 4 is 28.3 Å². The fourth-order valence-electron chi connectivity index (χ4n) is 2.28. The van der Waals surface area contributed by atoms with Gasteiger partial charge < -0.3 is 15.0 Å². The molecule has 25 heavy (non-hydrogen) atoms. The quantitative estimate of drug-likeness (QED) is 0.783. The summed E-state index contributed by atoms with van der Waals surface area (Å²) in [7, 11) is 1.53. The van der Waals surface area contributed by atoms with Gasteiger partial charge in [0.2, 0.25) is 5.91 Å². The Balaban J connectivity index is 2.13. The summed E-state index contributed by atoms with van der Waals surface area (Å²) in [4.78, 5) is 30.8. The van der Waals surface area contributed by atoms with Crippen LogP contribution in [0, 0.1) is 5.92 Å². The Bertz CT molecular complexity index is 701. The largest absolute Gasteiger partial charge is 0.496 e. The summed E-state index contributed by atoms with van der Waals surface area (Å²) in [6.07, 6.45) is 2.43. The van der Waals surface area contributed by atoms with E-state index < -0.39 is 0 Å². The minimum atomic E-state index is -0.262. The highest BCUT2D eigenvalue weighted by atomic mass is 32.1. The number of para-hydroxylation sites is 1. The van der Waals surface area contributed by atoms with Gasteiger partial charge in [0, 0.05) is 18.1 Å². The van der Waals surface area contributed by atoms with E-state index in [1.807, 2.05) is 6.07 Å². The number of amides is 2. The molecule has 0 radical (unpaired) electrons. The van der Waals surface area contributed by atoms with Gasteiger partial charge in [0.25, 0.3) is 5.91 Å². The fraction of sp³-hybridized carbons (Fsp3) is 0.389. The van der Waals surface area contributed by atoms with E-state index in [0.29, 0.717) is 28.9 Å². The SMILES string of the molecule is COc1ccccc1C(=O)N(CCC(C)C)CC(=O)Nc1nccs1. The van der Waals surface area contributed by atoms with Crippen LogP contribution < -0.4 is 10.1 Å². The van der Waals surface area contributed by atoms with Crippen LogP contribution in [-0.2, 0) is 4.79 Å². The summed E-state index contributed by atoms with van der Waals surface area (Å²) in [5.41, 5.74) is 0.454. The highest BCUT2D eigenvalue weighted by Gasteiger charge is 2.22. The molecule has 0 atom stereocenters. The van der Waals surface area contributed by atoms with Crippen LogP contribution in [0.25, 0.3) is 0 Å². The lowest BCUT2D eigenvalue weighted by Crippen LogP contribution is -2.39. The van der Waals surface area contributed by atoms with Crippen molar-refractivity contribution in [1.29, 1.82) is 0 Å². The summed E-state index contributed by atoms with van der Waals surface area (Å²) in [6, 6.07) is 7.04. The second-order valence-corrected chi connectivity index (χ2v) is 6.89. The van der Waals surface area contributed by atoms with Gasteiger partial charge in [-0.1, -0.05) is 26.0 Å². The molecule has 0 aliphatic rings. The molecule has 0 fully saturated rings. The summed E-state index contributed by atoms with van der Waals surface area (Å²) in [5.74, 6) is 0.451. The molecule has 134 valence electrons. The minimum Gasteiger partial charge on any atom is -0.496 e. The Morgan fingerprint density at radius 1 is 1.32 bits per heavy atom. The van der Waals surface area contributed by atoms with Crippen LogP contribution in [-0.4, -0.2) is 41.9 Å². The summed E-state index contributed by atoms with van der Waals surface area (Å²) < 4.78 is 5.28. The molecule has 6 nitrogen and oxygen atoms in total. The molecular weight excluding hydrogens is 338 g/mol. The number of thiazole rings is 1. The maximum atomic E-state index is 12.9. The van der Waals surface area contributed by atoms with Crippen molar-refractivity contribution in [2.24, 2.45) is 5.92 Å². The number of methoxy groups -OCH3 is 1. The second-order valence-electron chi connectivity index (χ2n) is 5.99. The number of hydrogen-bond acceptors (Lipinski definition) is 5. The third-order valence-corrected chi connectivity index (χ3v) is 4.30. The molecule has 1 aromatic carbocycles. The maximum Gasteiger partial charge on any atom is 0.258 e. The number of ether oxygens (including phenoxy) is 1. The van der Waals surface area contributed by atoms with Crippen molar-refractivity contribution < 1.29 is 14.3 Å². The summed E-state index contributed by atoms with van der Waals surface area (Å²) in [6.45, 7) is 4.64. The van der Waals surface area contributed by atoms with Crippen LogP contribution in [0.3, 0.4) is 0 Å². The smallest absolute Gasteiger partial charge is 0.258 e. The number of nitrogens with zero attached hydrogens (tertiary/aromatic N) is 2. The van der Waals surface area contributed by atoms with Crippen LogP contribution in [0.1, 0.15) is 30.6 Å². The first-order valence-corrected chi connectivity index (χ1v) is 9.01. The van der Waals surface area contributed by atoms with E-state index in [1.54, 1.807) is 34.7 Å². The Hall–Kier alpha value is -2.41. The first-order valence-electron chi connectivity index (χ1n) is 8.13. The maximum absolute atomic E-state index is 12.9. The zero-order chi connectivity index (χ0) is 18.2. The molecule has 0 aliphatic carbocycles. The minimum absolute atomic E-state index is 0.0246. The average molecular weight is 361 g/mol. The number of carbonyl (C=O) groups is 2. The van der Waals surface area contributed by atoms with Crippen LogP contribution in [0.2, 0.25) is 0 Å². The van der Waals surface area contributed by atoms with E-state index in [4.69, 9.17) is 4.74 Å². The molecular formula is C18H23N3O3S. The second kappa shape index (κ2) is 9.17. The van der Waals surface area contributed by atoms with Crippen molar-refractivity contribution in [2.75, 3.05) is 25.5 Å². The Morgan fingerprint density at radius 3 is 2.72 bits per heavy atom.